The van der Waals surface area contributed by atoms with Crippen molar-refractivity contribution in [2.24, 2.45) is 5.92 Å². The molecule has 1 aromatic rings. The van der Waals surface area contributed by atoms with Crippen molar-refractivity contribution in [2.75, 3.05) is 26.4 Å². The predicted molar refractivity (Wildman–Crippen MR) is 75.7 cm³/mol. The molecule has 0 saturated heterocycles. The maximum absolute atomic E-state index is 12.1. The van der Waals surface area contributed by atoms with Crippen LogP contribution in [-0.2, 0) is 0 Å². The second-order valence-corrected chi connectivity index (χ2v) is 5.41. The number of amides is 1. The van der Waals surface area contributed by atoms with Gasteiger partial charge in [0.05, 0.1) is 0 Å². The predicted octanol–water partition coefficient (Wildman–Crippen LogP) is 0.765. The fraction of sp³-hybridized carbons (Fsp3) is 0.615. The molecule has 19 heavy (non-hydrogen) atoms. The lowest BCUT2D eigenvalue weighted by molar-refractivity contribution is 0.0918. The van der Waals surface area contributed by atoms with Gasteiger partial charge in [0.15, 0.2) is 5.69 Å². The van der Waals surface area contributed by atoms with Gasteiger partial charge in [0.25, 0.3) is 5.91 Å². The third kappa shape index (κ3) is 5.65. The number of nitrogens with zero attached hydrogens (tertiary/aromatic N) is 3. The van der Waals surface area contributed by atoms with Gasteiger partial charge in [-0.3, -0.25) is 4.79 Å². The summed E-state index contributed by atoms with van der Waals surface area (Å²) in [7, 11) is 3.98. The van der Waals surface area contributed by atoms with Gasteiger partial charge in [-0.2, -0.15) is 0 Å². The number of hydrogen-bond donors (Lipinski definition) is 2. The van der Waals surface area contributed by atoms with E-state index in [0.29, 0.717) is 17.4 Å². The Morgan fingerprint density at radius 2 is 2.05 bits per heavy atom. The first kappa shape index (κ1) is 15.4. The SMILES string of the molecule is CC(C)CC(CN(C)C)NC(=O)c1ccc(N)nn1. The molecular weight excluding hydrogens is 242 g/mol. The average Bonchev–Trinajstić information content (AvgIpc) is 2.27. The molecule has 0 aromatic carbocycles. The first-order chi connectivity index (χ1) is 8.88. The van der Waals surface area contributed by atoms with Crippen LogP contribution in [-0.4, -0.2) is 47.7 Å². The fourth-order valence-electron chi connectivity index (χ4n) is 1.91. The van der Waals surface area contributed by atoms with Crippen LogP contribution in [0.25, 0.3) is 0 Å². The summed E-state index contributed by atoms with van der Waals surface area (Å²) in [6, 6.07) is 3.26. The second-order valence-electron chi connectivity index (χ2n) is 5.41. The Labute approximate surface area is 114 Å². The lowest BCUT2D eigenvalue weighted by atomic mass is 10.0. The Kier molecular flexibility index (Phi) is 5.69. The zero-order chi connectivity index (χ0) is 14.4. The van der Waals surface area contributed by atoms with Crippen LogP contribution in [0.15, 0.2) is 12.1 Å². The molecule has 106 valence electrons. The van der Waals surface area contributed by atoms with E-state index in [4.69, 9.17) is 5.73 Å². The number of nitrogens with two attached hydrogens (primary N) is 1. The molecule has 0 fully saturated rings. The zero-order valence-corrected chi connectivity index (χ0v) is 12.1. The van der Waals surface area contributed by atoms with Crippen LogP contribution in [0.1, 0.15) is 30.8 Å². The molecule has 6 nitrogen and oxygen atoms in total. The number of anilines is 1. The number of nitrogen functional groups attached to an aromatic ring is 1. The molecule has 1 atom stereocenters. The summed E-state index contributed by atoms with van der Waals surface area (Å²) in [5.41, 5.74) is 5.74. The van der Waals surface area contributed by atoms with Gasteiger partial charge in [0.1, 0.15) is 5.82 Å². The number of rotatable bonds is 6. The molecule has 0 aliphatic rings. The standard InChI is InChI=1S/C13H23N5O/c1-9(2)7-10(8-18(3)4)15-13(19)11-5-6-12(14)17-16-11/h5-6,9-10H,7-8H2,1-4H3,(H2,14,17)(H,15,19). The summed E-state index contributed by atoms with van der Waals surface area (Å²) in [6.07, 6.45) is 0.923. The zero-order valence-electron chi connectivity index (χ0n) is 12.1. The summed E-state index contributed by atoms with van der Waals surface area (Å²) in [5.74, 6) is 0.617. The molecule has 0 aliphatic heterocycles. The molecule has 0 aliphatic carbocycles. The van der Waals surface area contributed by atoms with E-state index in [9.17, 15) is 4.79 Å². The average molecular weight is 265 g/mol. The van der Waals surface area contributed by atoms with E-state index < -0.39 is 0 Å². The minimum absolute atomic E-state index is 0.0989. The molecule has 1 heterocycles. The van der Waals surface area contributed by atoms with Gasteiger partial charge in [-0.1, -0.05) is 13.8 Å². The van der Waals surface area contributed by atoms with Gasteiger partial charge in [0.2, 0.25) is 0 Å². The highest BCUT2D eigenvalue weighted by Crippen LogP contribution is 2.07. The minimum atomic E-state index is -0.208. The maximum atomic E-state index is 12.1. The third-order valence-electron chi connectivity index (χ3n) is 2.59. The van der Waals surface area contributed by atoms with Crippen LogP contribution in [0, 0.1) is 5.92 Å². The largest absolute Gasteiger partial charge is 0.382 e. The van der Waals surface area contributed by atoms with E-state index >= 15 is 0 Å². The lowest BCUT2D eigenvalue weighted by Gasteiger charge is -2.23. The first-order valence-electron chi connectivity index (χ1n) is 6.43. The summed E-state index contributed by atoms with van der Waals surface area (Å²) in [5, 5.41) is 10.5. The number of nitrogens with one attached hydrogen (secondary N) is 1. The highest BCUT2D eigenvalue weighted by atomic mass is 16.2. The lowest BCUT2D eigenvalue weighted by Crippen LogP contribution is -2.42. The van der Waals surface area contributed by atoms with Gasteiger partial charge in [-0.05, 0) is 38.6 Å². The van der Waals surface area contributed by atoms with Crippen molar-refractivity contribution in [3.63, 3.8) is 0 Å². The highest BCUT2D eigenvalue weighted by molar-refractivity contribution is 5.92. The van der Waals surface area contributed by atoms with Gasteiger partial charge in [-0.25, -0.2) is 0 Å². The van der Waals surface area contributed by atoms with E-state index in [1.54, 1.807) is 12.1 Å². The van der Waals surface area contributed by atoms with E-state index in [1.165, 1.54) is 0 Å². The van der Waals surface area contributed by atoms with Crippen molar-refractivity contribution in [3.05, 3.63) is 17.8 Å². The number of hydrogen-bond acceptors (Lipinski definition) is 5. The van der Waals surface area contributed by atoms with Crippen molar-refractivity contribution in [1.82, 2.24) is 20.4 Å². The number of aromatic nitrogens is 2. The molecule has 6 heteroatoms. The van der Waals surface area contributed by atoms with E-state index in [0.717, 1.165) is 13.0 Å². The molecule has 1 amide bonds. The summed E-state index contributed by atoms with van der Waals surface area (Å²) in [4.78, 5) is 14.1. The monoisotopic (exact) mass is 265 g/mol. The molecular formula is C13H23N5O. The molecule has 0 radical (unpaired) electrons. The van der Waals surface area contributed by atoms with Crippen molar-refractivity contribution in [2.45, 2.75) is 26.3 Å². The van der Waals surface area contributed by atoms with Crippen molar-refractivity contribution in [3.8, 4) is 0 Å². The molecule has 1 rings (SSSR count). The van der Waals surface area contributed by atoms with Gasteiger partial charge in [0, 0.05) is 12.6 Å². The number of likely N-dealkylation sites (N-methyl/N-ethyl adjacent to an activating group) is 1. The Balaban J connectivity index is 2.66. The topological polar surface area (TPSA) is 84.1 Å². The Bertz CT molecular complexity index is 392. The molecule has 3 N–H and O–H groups in total. The molecule has 0 spiro atoms. The quantitative estimate of drug-likeness (QED) is 0.793. The first-order valence-corrected chi connectivity index (χ1v) is 6.43. The third-order valence-corrected chi connectivity index (χ3v) is 2.59. The molecule has 0 bridgehead atoms. The number of carbonyl (C=O) groups excluding carboxylic acids is 1. The summed E-state index contributed by atoms with van der Waals surface area (Å²) >= 11 is 0. The van der Waals surface area contributed by atoms with E-state index in [-0.39, 0.29) is 11.9 Å². The summed E-state index contributed by atoms with van der Waals surface area (Å²) in [6.45, 7) is 5.07. The summed E-state index contributed by atoms with van der Waals surface area (Å²) < 4.78 is 0. The van der Waals surface area contributed by atoms with Crippen molar-refractivity contribution >= 4 is 11.7 Å². The minimum Gasteiger partial charge on any atom is -0.382 e. The Morgan fingerprint density at radius 3 is 2.53 bits per heavy atom. The smallest absolute Gasteiger partial charge is 0.272 e. The molecule has 1 unspecified atom stereocenters. The van der Waals surface area contributed by atoms with Crippen LogP contribution >= 0.6 is 0 Å². The second kappa shape index (κ2) is 7.04. The van der Waals surface area contributed by atoms with Crippen molar-refractivity contribution < 1.29 is 4.79 Å². The number of carbonyl (C=O) groups is 1. The fourth-order valence-corrected chi connectivity index (χ4v) is 1.91. The van der Waals surface area contributed by atoms with E-state index in [2.05, 4.69) is 34.3 Å². The highest BCUT2D eigenvalue weighted by Gasteiger charge is 2.17. The van der Waals surface area contributed by atoms with Gasteiger partial charge < -0.3 is 16.0 Å². The molecule has 0 saturated carbocycles. The van der Waals surface area contributed by atoms with Crippen molar-refractivity contribution in [1.29, 1.82) is 0 Å². The van der Waals surface area contributed by atoms with Crippen LogP contribution in [0.3, 0.4) is 0 Å². The van der Waals surface area contributed by atoms with Crippen LogP contribution in [0.2, 0.25) is 0 Å². The van der Waals surface area contributed by atoms with Crippen LogP contribution in [0.4, 0.5) is 5.82 Å². The van der Waals surface area contributed by atoms with Crippen LogP contribution < -0.4 is 11.1 Å². The van der Waals surface area contributed by atoms with E-state index in [1.807, 2.05) is 14.1 Å². The van der Waals surface area contributed by atoms with Gasteiger partial charge >= 0.3 is 0 Å². The van der Waals surface area contributed by atoms with Crippen LogP contribution in [0.5, 0.6) is 0 Å². The van der Waals surface area contributed by atoms with Gasteiger partial charge in [-0.15, -0.1) is 10.2 Å². The normalized spacial score (nSPS) is 12.7. The molecule has 1 aromatic heterocycles. The Morgan fingerprint density at radius 1 is 1.37 bits per heavy atom. The Hall–Kier alpha value is -1.69. The maximum Gasteiger partial charge on any atom is 0.272 e.